The maximum atomic E-state index is 13.0. The van der Waals surface area contributed by atoms with E-state index in [1.807, 2.05) is 20.8 Å². The molecule has 1 amide bonds. The van der Waals surface area contributed by atoms with Gasteiger partial charge < -0.3 is 20.7 Å². The van der Waals surface area contributed by atoms with Gasteiger partial charge in [0, 0.05) is 18.1 Å². The molecule has 3 N–H and O–H groups in total. The minimum atomic E-state index is -0.575. The average molecular weight is 426 g/mol. The number of rotatable bonds is 10. The molecule has 0 saturated carbocycles. The molecule has 0 radical (unpaired) electrons. The molecule has 1 aliphatic heterocycles. The van der Waals surface area contributed by atoms with Crippen LogP contribution < -0.4 is 16.0 Å². The van der Waals surface area contributed by atoms with Crippen LogP contribution in [0.1, 0.15) is 59.3 Å². The molecule has 2 rings (SSSR count). The minimum Gasteiger partial charge on any atom is -0.444 e. The van der Waals surface area contributed by atoms with Crippen LogP contribution in [0.4, 0.5) is 4.79 Å². The minimum absolute atomic E-state index is 0.0741. The standard InChI is InChI=1S/C22H39N3O3S/c1-22(2,3)28-21(27)25-18(20(26)19-16-29-14-13-24-19)11-7-8-12-23-15-17-9-5-4-6-10-17/h4-5,17-19,23-24H,6-16H2,1-3H3,(H,25,27)/t17?,18-,19?/m0/s1. The number of hydrogen-bond acceptors (Lipinski definition) is 6. The van der Waals surface area contributed by atoms with Crippen LogP contribution in [-0.4, -0.2) is 60.7 Å². The maximum absolute atomic E-state index is 13.0. The molecule has 1 heterocycles. The Balaban J connectivity index is 1.75. The number of allylic oxidation sites excluding steroid dienone is 2. The molecule has 2 aliphatic rings. The summed E-state index contributed by atoms with van der Waals surface area (Å²) in [6.45, 7) is 8.33. The molecule has 1 fully saturated rings. The molecule has 7 heteroatoms. The van der Waals surface area contributed by atoms with E-state index in [0.29, 0.717) is 6.42 Å². The SMILES string of the molecule is CC(C)(C)OC(=O)N[C@@H](CCCCNCC1CC=CCC1)C(=O)C1CSCCN1. The predicted octanol–water partition coefficient (Wildman–Crippen LogP) is 3.27. The van der Waals surface area contributed by atoms with Gasteiger partial charge in [-0.2, -0.15) is 11.8 Å². The van der Waals surface area contributed by atoms with Crippen LogP contribution >= 0.6 is 11.8 Å². The van der Waals surface area contributed by atoms with Gasteiger partial charge in [0.1, 0.15) is 5.60 Å². The number of Topliss-reactive ketones (excluding diaryl/α,β-unsaturated/α-hetero) is 1. The Morgan fingerprint density at radius 3 is 2.76 bits per heavy atom. The first-order chi connectivity index (χ1) is 13.8. The van der Waals surface area contributed by atoms with E-state index < -0.39 is 17.7 Å². The lowest BCUT2D eigenvalue weighted by molar-refractivity contribution is -0.122. The fourth-order valence-corrected chi connectivity index (χ4v) is 4.62. The van der Waals surface area contributed by atoms with Gasteiger partial charge in [-0.25, -0.2) is 4.79 Å². The zero-order valence-electron chi connectivity index (χ0n) is 18.3. The lowest BCUT2D eigenvalue weighted by Gasteiger charge is -2.28. The van der Waals surface area contributed by atoms with Crippen molar-refractivity contribution in [3.05, 3.63) is 12.2 Å². The summed E-state index contributed by atoms with van der Waals surface area (Å²) < 4.78 is 5.37. The Morgan fingerprint density at radius 2 is 2.10 bits per heavy atom. The van der Waals surface area contributed by atoms with E-state index in [-0.39, 0.29) is 11.8 Å². The number of unbranched alkanes of at least 4 members (excludes halogenated alkanes) is 1. The molecule has 0 aromatic rings. The summed E-state index contributed by atoms with van der Waals surface area (Å²) >= 11 is 1.78. The predicted molar refractivity (Wildman–Crippen MR) is 120 cm³/mol. The number of hydrogen-bond donors (Lipinski definition) is 3. The fraction of sp³-hybridized carbons (Fsp3) is 0.818. The van der Waals surface area contributed by atoms with Crippen molar-refractivity contribution in [2.75, 3.05) is 31.1 Å². The number of alkyl carbamates (subject to hydrolysis) is 1. The monoisotopic (exact) mass is 425 g/mol. The van der Waals surface area contributed by atoms with Crippen molar-refractivity contribution in [1.29, 1.82) is 0 Å². The second kappa shape index (κ2) is 12.6. The van der Waals surface area contributed by atoms with Crippen LogP contribution in [0.15, 0.2) is 12.2 Å². The van der Waals surface area contributed by atoms with Crippen LogP contribution in [0.2, 0.25) is 0 Å². The number of nitrogens with one attached hydrogen (secondary N) is 3. The zero-order chi connectivity index (χ0) is 21.1. The Labute approximate surface area is 180 Å². The van der Waals surface area contributed by atoms with Crippen molar-refractivity contribution in [2.45, 2.75) is 77.0 Å². The lowest BCUT2D eigenvalue weighted by atomic mass is 9.94. The zero-order valence-corrected chi connectivity index (χ0v) is 19.1. The number of thioether (sulfide) groups is 1. The molecule has 2 unspecified atom stereocenters. The van der Waals surface area contributed by atoms with E-state index in [1.165, 1.54) is 19.3 Å². The molecule has 0 aromatic carbocycles. The molecular formula is C22H39N3O3S. The van der Waals surface area contributed by atoms with Crippen LogP contribution in [0.25, 0.3) is 0 Å². The summed E-state index contributed by atoms with van der Waals surface area (Å²) in [7, 11) is 0. The van der Waals surface area contributed by atoms with Crippen molar-refractivity contribution >= 4 is 23.6 Å². The first kappa shape index (κ1) is 24.2. The highest BCUT2D eigenvalue weighted by Gasteiger charge is 2.30. The van der Waals surface area contributed by atoms with Crippen LogP contribution in [-0.2, 0) is 9.53 Å². The summed E-state index contributed by atoms with van der Waals surface area (Å²) in [5.41, 5.74) is -0.575. The van der Waals surface area contributed by atoms with Gasteiger partial charge in [-0.15, -0.1) is 0 Å². The van der Waals surface area contributed by atoms with E-state index in [9.17, 15) is 9.59 Å². The van der Waals surface area contributed by atoms with Crippen LogP contribution in [0.3, 0.4) is 0 Å². The molecule has 0 aromatic heterocycles. The number of carbonyl (C=O) groups is 2. The Kier molecular flexibility index (Phi) is 10.5. The van der Waals surface area contributed by atoms with Gasteiger partial charge in [-0.1, -0.05) is 12.2 Å². The van der Waals surface area contributed by atoms with Gasteiger partial charge in [0.25, 0.3) is 0 Å². The third-order valence-corrected chi connectivity index (χ3v) is 6.27. The van der Waals surface area contributed by atoms with Gasteiger partial charge in [-0.3, -0.25) is 4.79 Å². The molecule has 1 saturated heterocycles. The molecule has 3 atom stereocenters. The fourth-order valence-electron chi connectivity index (χ4n) is 3.67. The van der Waals surface area contributed by atoms with Crippen molar-refractivity contribution in [3.8, 4) is 0 Å². The molecule has 6 nitrogen and oxygen atoms in total. The van der Waals surface area contributed by atoms with Crippen LogP contribution in [0, 0.1) is 5.92 Å². The Bertz CT molecular complexity index is 542. The summed E-state index contributed by atoms with van der Waals surface area (Å²) in [6.07, 6.45) is 10.2. The maximum Gasteiger partial charge on any atom is 0.408 e. The first-order valence-corrected chi connectivity index (χ1v) is 12.2. The highest BCUT2D eigenvalue weighted by molar-refractivity contribution is 7.99. The van der Waals surface area contributed by atoms with Crippen molar-refractivity contribution in [2.24, 2.45) is 5.92 Å². The van der Waals surface area contributed by atoms with Gasteiger partial charge in [-0.05, 0) is 78.3 Å². The summed E-state index contributed by atoms with van der Waals surface area (Å²) in [6, 6.07) is -0.685. The van der Waals surface area contributed by atoms with E-state index in [1.54, 1.807) is 11.8 Å². The number of ketones is 1. The van der Waals surface area contributed by atoms with E-state index >= 15 is 0 Å². The van der Waals surface area contributed by atoms with E-state index in [2.05, 4.69) is 28.1 Å². The third kappa shape index (κ3) is 10.0. The summed E-state index contributed by atoms with van der Waals surface area (Å²) in [5, 5.41) is 9.66. The molecular weight excluding hydrogens is 386 g/mol. The quantitative estimate of drug-likeness (QED) is 0.368. The molecule has 29 heavy (non-hydrogen) atoms. The number of ether oxygens (including phenoxy) is 1. The Morgan fingerprint density at radius 1 is 1.28 bits per heavy atom. The second-order valence-corrected chi connectivity index (χ2v) is 10.2. The largest absolute Gasteiger partial charge is 0.444 e. The topological polar surface area (TPSA) is 79.5 Å². The van der Waals surface area contributed by atoms with Crippen molar-refractivity contribution in [3.63, 3.8) is 0 Å². The molecule has 0 spiro atoms. The van der Waals surface area contributed by atoms with Gasteiger partial charge >= 0.3 is 6.09 Å². The molecule has 0 bridgehead atoms. The second-order valence-electron chi connectivity index (χ2n) is 9.03. The van der Waals surface area contributed by atoms with Crippen molar-refractivity contribution in [1.82, 2.24) is 16.0 Å². The first-order valence-electron chi connectivity index (χ1n) is 11.1. The van der Waals surface area contributed by atoms with Gasteiger partial charge in [0.05, 0.1) is 12.1 Å². The Hall–Kier alpha value is -1.05. The highest BCUT2D eigenvalue weighted by atomic mass is 32.2. The van der Waals surface area contributed by atoms with E-state index in [4.69, 9.17) is 4.74 Å². The van der Waals surface area contributed by atoms with Gasteiger partial charge in [0.15, 0.2) is 5.78 Å². The van der Waals surface area contributed by atoms with Crippen LogP contribution in [0.5, 0.6) is 0 Å². The summed E-state index contributed by atoms with van der Waals surface area (Å²) in [4.78, 5) is 25.2. The number of amides is 1. The highest BCUT2D eigenvalue weighted by Crippen LogP contribution is 2.17. The smallest absolute Gasteiger partial charge is 0.408 e. The number of carbonyl (C=O) groups excluding carboxylic acids is 2. The van der Waals surface area contributed by atoms with E-state index in [0.717, 1.165) is 49.9 Å². The van der Waals surface area contributed by atoms with Gasteiger partial charge in [0.2, 0.25) is 0 Å². The molecule has 166 valence electrons. The molecule has 1 aliphatic carbocycles. The van der Waals surface area contributed by atoms with Crippen molar-refractivity contribution < 1.29 is 14.3 Å². The normalized spacial score (nSPS) is 23.4. The lowest BCUT2D eigenvalue weighted by Crippen LogP contribution is -2.53. The third-order valence-electron chi connectivity index (χ3n) is 5.21. The average Bonchev–Trinajstić information content (AvgIpc) is 2.69. The summed E-state index contributed by atoms with van der Waals surface area (Å²) in [5.74, 6) is 2.61.